The van der Waals surface area contributed by atoms with Gasteiger partial charge in [-0.05, 0) is 47.2 Å². The molecule has 0 saturated carbocycles. The lowest BCUT2D eigenvalue weighted by Gasteiger charge is -2.26. The standard InChI is InChI=1S/C23H26N4O2/c1-2-5-22(28)26-12-10-17(11-13-26)18-8-9-21(24-14-18)25-23(29)27-15-19-6-3-4-7-20(19)16-27/h3-4,6-10,14H,2,5,11-13,15-16H2,1H3,(H,24,25,29). The van der Waals surface area contributed by atoms with Crippen LogP contribution in [-0.2, 0) is 17.9 Å². The molecule has 6 nitrogen and oxygen atoms in total. The number of hydrogen-bond acceptors (Lipinski definition) is 3. The van der Waals surface area contributed by atoms with Gasteiger partial charge in [0.25, 0.3) is 0 Å². The molecule has 0 radical (unpaired) electrons. The molecule has 0 atom stereocenters. The average molecular weight is 390 g/mol. The number of aromatic nitrogens is 1. The highest BCUT2D eigenvalue weighted by molar-refractivity contribution is 5.89. The van der Waals surface area contributed by atoms with Crippen LogP contribution >= 0.6 is 0 Å². The van der Waals surface area contributed by atoms with Gasteiger partial charge in [0.2, 0.25) is 5.91 Å². The number of amides is 3. The second-order valence-corrected chi connectivity index (χ2v) is 7.56. The number of urea groups is 1. The second kappa shape index (κ2) is 8.47. The number of carbonyl (C=O) groups excluding carboxylic acids is 2. The Balaban J connectivity index is 1.34. The highest BCUT2D eigenvalue weighted by atomic mass is 16.2. The van der Waals surface area contributed by atoms with Crippen LogP contribution < -0.4 is 5.32 Å². The van der Waals surface area contributed by atoms with Crippen molar-refractivity contribution in [2.75, 3.05) is 18.4 Å². The fraction of sp³-hybridized carbons (Fsp3) is 0.348. The summed E-state index contributed by atoms with van der Waals surface area (Å²) >= 11 is 0. The molecule has 1 aromatic heterocycles. The van der Waals surface area contributed by atoms with Crippen molar-refractivity contribution >= 4 is 23.3 Å². The van der Waals surface area contributed by atoms with E-state index in [1.807, 2.05) is 36.1 Å². The van der Waals surface area contributed by atoms with E-state index >= 15 is 0 Å². The third-order valence-electron chi connectivity index (χ3n) is 5.52. The molecule has 0 aliphatic carbocycles. The molecule has 0 unspecified atom stereocenters. The SMILES string of the molecule is CCCC(=O)N1CC=C(c2ccc(NC(=O)N3Cc4ccccc4C3)nc2)CC1. The maximum absolute atomic E-state index is 12.5. The molecule has 6 heteroatoms. The minimum absolute atomic E-state index is 0.136. The minimum Gasteiger partial charge on any atom is -0.339 e. The first-order chi connectivity index (χ1) is 14.1. The summed E-state index contributed by atoms with van der Waals surface area (Å²) in [6.07, 6.45) is 6.22. The molecule has 4 rings (SSSR count). The Morgan fingerprint density at radius 3 is 2.41 bits per heavy atom. The number of nitrogens with zero attached hydrogens (tertiary/aromatic N) is 3. The maximum atomic E-state index is 12.5. The second-order valence-electron chi connectivity index (χ2n) is 7.56. The Morgan fingerprint density at radius 1 is 1.07 bits per heavy atom. The predicted molar refractivity (Wildman–Crippen MR) is 113 cm³/mol. The Labute approximate surface area is 171 Å². The van der Waals surface area contributed by atoms with Crippen LogP contribution in [0.1, 0.15) is 42.9 Å². The number of benzene rings is 1. The van der Waals surface area contributed by atoms with E-state index in [2.05, 4.69) is 28.5 Å². The molecule has 0 fully saturated rings. The summed E-state index contributed by atoms with van der Waals surface area (Å²) < 4.78 is 0. The van der Waals surface area contributed by atoms with E-state index in [9.17, 15) is 9.59 Å². The van der Waals surface area contributed by atoms with Crippen molar-refractivity contribution in [2.45, 2.75) is 39.3 Å². The summed E-state index contributed by atoms with van der Waals surface area (Å²) in [5.74, 6) is 0.772. The number of anilines is 1. The van der Waals surface area contributed by atoms with E-state index in [-0.39, 0.29) is 11.9 Å². The van der Waals surface area contributed by atoms with Crippen LogP contribution in [0, 0.1) is 0 Å². The molecular formula is C23H26N4O2. The van der Waals surface area contributed by atoms with E-state index < -0.39 is 0 Å². The van der Waals surface area contributed by atoms with Gasteiger partial charge in [-0.25, -0.2) is 9.78 Å². The van der Waals surface area contributed by atoms with Crippen molar-refractivity contribution in [3.05, 3.63) is 65.4 Å². The zero-order valence-corrected chi connectivity index (χ0v) is 16.7. The molecule has 1 aromatic carbocycles. The zero-order valence-electron chi connectivity index (χ0n) is 16.7. The largest absolute Gasteiger partial charge is 0.339 e. The smallest absolute Gasteiger partial charge is 0.323 e. The van der Waals surface area contributed by atoms with Gasteiger partial charge >= 0.3 is 6.03 Å². The van der Waals surface area contributed by atoms with Crippen molar-refractivity contribution in [3.63, 3.8) is 0 Å². The van der Waals surface area contributed by atoms with Crippen molar-refractivity contribution in [1.29, 1.82) is 0 Å². The molecule has 0 spiro atoms. The van der Waals surface area contributed by atoms with Gasteiger partial charge in [-0.1, -0.05) is 37.3 Å². The molecular weight excluding hydrogens is 364 g/mol. The van der Waals surface area contributed by atoms with E-state index in [1.165, 1.54) is 16.7 Å². The first-order valence-corrected chi connectivity index (χ1v) is 10.2. The number of hydrogen-bond donors (Lipinski definition) is 1. The molecule has 0 bridgehead atoms. The van der Waals surface area contributed by atoms with Crippen LogP contribution in [0.4, 0.5) is 10.6 Å². The topological polar surface area (TPSA) is 65.5 Å². The first kappa shape index (κ1) is 19.2. The van der Waals surface area contributed by atoms with E-state index in [1.54, 1.807) is 11.1 Å². The number of carbonyl (C=O) groups is 2. The van der Waals surface area contributed by atoms with Gasteiger partial charge < -0.3 is 9.80 Å². The normalized spacial score (nSPS) is 15.7. The lowest BCUT2D eigenvalue weighted by atomic mass is 10.0. The van der Waals surface area contributed by atoms with Gasteiger partial charge in [-0.15, -0.1) is 0 Å². The van der Waals surface area contributed by atoms with Gasteiger partial charge in [-0.2, -0.15) is 0 Å². The quantitative estimate of drug-likeness (QED) is 0.857. The predicted octanol–water partition coefficient (Wildman–Crippen LogP) is 4.05. The van der Waals surface area contributed by atoms with E-state index in [4.69, 9.17) is 0 Å². The van der Waals surface area contributed by atoms with Crippen LogP contribution in [0.3, 0.4) is 0 Å². The fourth-order valence-electron chi connectivity index (χ4n) is 3.85. The molecule has 2 aliphatic rings. The lowest BCUT2D eigenvalue weighted by molar-refractivity contribution is -0.130. The molecule has 1 N–H and O–H groups in total. The van der Waals surface area contributed by atoms with Crippen molar-refractivity contribution in [1.82, 2.24) is 14.8 Å². The molecule has 3 heterocycles. The fourth-order valence-corrected chi connectivity index (χ4v) is 3.85. The molecule has 3 amide bonds. The summed E-state index contributed by atoms with van der Waals surface area (Å²) in [6.45, 7) is 4.68. The number of pyridine rings is 1. The van der Waals surface area contributed by atoms with Gasteiger partial charge in [-0.3, -0.25) is 10.1 Å². The van der Waals surface area contributed by atoms with Crippen LogP contribution in [-0.4, -0.2) is 39.8 Å². The summed E-state index contributed by atoms with van der Waals surface area (Å²) in [7, 11) is 0. The minimum atomic E-state index is -0.136. The van der Waals surface area contributed by atoms with Crippen LogP contribution in [0.25, 0.3) is 5.57 Å². The van der Waals surface area contributed by atoms with Gasteiger partial charge in [0, 0.05) is 38.8 Å². The molecule has 29 heavy (non-hydrogen) atoms. The average Bonchev–Trinajstić information content (AvgIpc) is 3.19. The molecule has 150 valence electrons. The van der Waals surface area contributed by atoms with Gasteiger partial charge in [0.05, 0.1) is 0 Å². The maximum Gasteiger partial charge on any atom is 0.323 e. The third kappa shape index (κ3) is 4.31. The summed E-state index contributed by atoms with van der Waals surface area (Å²) in [5.41, 5.74) is 4.63. The number of nitrogens with one attached hydrogen (secondary N) is 1. The molecule has 2 aromatic rings. The van der Waals surface area contributed by atoms with Crippen LogP contribution in [0.5, 0.6) is 0 Å². The van der Waals surface area contributed by atoms with E-state index in [0.29, 0.717) is 31.9 Å². The Hall–Kier alpha value is -3.15. The highest BCUT2D eigenvalue weighted by Gasteiger charge is 2.23. The number of rotatable bonds is 4. The monoisotopic (exact) mass is 390 g/mol. The van der Waals surface area contributed by atoms with Gasteiger partial charge in [0.15, 0.2) is 0 Å². The third-order valence-corrected chi connectivity index (χ3v) is 5.52. The Bertz CT molecular complexity index is 911. The summed E-state index contributed by atoms with van der Waals surface area (Å²) in [4.78, 5) is 32.7. The Kier molecular flexibility index (Phi) is 5.60. The first-order valence-electron chi connectivity index (χ1n) is 10.2. The molecule has 2 aliphatic heterocycles. The summed E-state index contributed by atoms with van der Waals surface area (Å²) in [6, 6.07) is 11.8. The van der Waals surface area contributed by atoms with E-state index in [0.717, 1.165) is 24.9 Å². The Morgan fingerprint density at radius 2 is 1.83 bits per heavy atom. The van der Waals surface area contributed by atoms with Crippen molar-refractivity contribution in [2.24, 2.45) is 0 Å². The van der Waals surface area contributed by atoms with Crippen molar-refractivity contribution < 1.29 is 9.59 Å². The zero-order chi connectivity index (χ0) is 20.2. The van der Waals surface area contributed by atoms with Gasteiger partial charge in [0.1, 0.15) is 5.82 Å². The molecule has 0 saturated heterocycles. The van der Waals surface area contributed by atoms with Crippen LogP contribution in [0.2, 0.25) is 0 Å². The van der Waals surface area contributed by atoms with Crippen LogP contribution in [0.15, 0.2) is 48.7 Å². The summed E-state index contributed by atoms with van der Waals surface area (Å²) in [5, 5.41) is 2.89. The highest BCUT2D eigenvalue weighted by Crippen LogP contribution is 2.25. The van der Waals surface area contributed by atoms with Crippen molar-refractivity contribution in [3.8, 4) is 0 Å². The number of fused-ring (bicyclic) bond motifs is 1. The lowest BCUT2D eigenvalue weighted by Crippen LogP contribution is -2.34.